The summed E-state index contributed by atoms with van der Waals surface area (Å²) in [5, 5.41) is 12.4. The summed E-state index contributed by atoms with van der Waals surface area (Å²) in [4.78, 5) is 0. The van der Waals surface area contributed by atoms with Crippen molar-refractivity contribution in [2.24, 2.45) is 0 Å². The number of hydrogen-bond acceptors (Lipinski definition) is 2. The van der Waals surface area contributed by atoms with Gasteiger partial charge in [-0.25, -0.2) is 0 Å². The van der Waals surface area contributed by atoms with E-state index in [-0.39, 0.29) is 12.6 Å². The molecule has 0 unspecified atom stereocenters. The van der Waals surface area contributed by atoms with Crippen LogP contribution in [0.4, 0.5) is 5.69 Å². The number of fused-ring (bicyclic) bond motifs is 1. The Balaban J connectivity index is 2.31. The van der Waals surface area contributed by atoms with Crippen LogP contribution in [0.1, 0.15) is 24.8 Å². The third kappa shape index (κ3) is 1.54. The molecule has 0 saturated carbocycles. The number of para-hydroxylation sites is 1. The molecule has 0 aromatic heterocycles. The molecule has 2 atom stereocenters. The summed E-state index contributed by atoms with van der Waals surface area (Å²) in [5.74, 6) is 0.551. The average molecular weight is 177 g/mol. The predicted molar refractivity (Wildman–Crippen MR) is 54.0 cm³/mol. The van der Waals surface area contributed by atoms with Gasteiger partial charge in [0.1, 0.15) is 0 Å². The lowest BCUT2D eigenvalue weighted by atomic mass is 9.89. The van der Waals surface area contributed by atoms with Crippen molar-refractivity contribution in [1.29, 1.82) is 0 Å². The van der Waals surface area contributed by atoms with Gasteiger partial charge in [0.05, 0.1) is 6.61 Å². The van der Waals surface area contributed by atoms with Gasteiger partial charge < -0.3 is 10.4 Å². The largest absolute Gasteiger partial charge is 0.394 e. The zero-order valence-corrected chi connectivity index (χ0v) is 7.83. The standard InChI is InChI=1S/C11H15NO/c1-8-6-9(7-13)12-11-5-3-2-4-10(8)11/h2-5,8-9,12-13H,6-7H2,1H3/t8-,9-/m1/s1. The number of aliphatic hydroxyl groups excluding tert-OH is 1. The number of aliphatic hydroxyl groups is 1. The Labute approximate surface area is 78.6 Å². The first-order valence-corrected chi connectivity index (χ1v) is 4.77. The number of nitrogens with one attached hydrogen (secondary N) is 1. The van der Waals surface area contributed by atoms with Gasteiger partial charge in [0.2, 0.25) is 0 Å². The number of anilines is 1. The monoisotopic (exact) mass is 177 g/mol. The molecule has 0 bridgehead atoms. The van der Waals surface area contributed by atoms with Crippen LogP contribution in [0.25, 0.3) is 0 Å². The van der Waals surface area contributed by atoms with Crippen molar-refractivity contribution in [3.8, 4) is 0 Å². The molecule has 70 valence electrons. The molecule has 0 fully saturated rings. The van der Waals surface area contributed by atoms with Crippen LogP contribution < -0.4 is 5.32 Å². The van der Waals surface area contributed by atoms with Gasteiger partial charge in [-0.2, -0.15) is 0 Å². The SMILES string of the molecule is C[C@@H]1C[C@H](CO)Nc2ccccc21. The van der Waals surface area contributed by atoms with E-state index >= 15 is 0 Å². The van der Waals surface area contributed by atoms with Crippen molar-refractivity contribution >= 4 is 5.69 Å². The highest BCUT2D eigenvalue weighted by molar-refractivity contribution is 5.55. The first kappa shape index (κ1) is 8.57. The summed E-state index contributed by atoms with van der Waals surface area (Å²) in [7, 11) is 0. The van der Waals surface area contributed by atoms with E-state index in [4.69, 9.17) is 5.11 Å². The van der Waals surface area contributed by atoms with Gasteiger partial charge >= 0.3 is 0 Å². The second-order valence-corrected chi connectivity index (χ2v) is 3.75. The van der Waals surface area contributed by atoms with Gasteiger partial charge in [-0.15, -0.1) is 0 Å². The van der Waals surface area contributed by atoms with Crippen LogP contribution in [0.2, 0.25) is 0 Å². The minimum Gasteiger partial charge on any atom is -0.394 e. The fourth-order valence-electron chi connectivity index (χ4n) is 2.01. The van der Waals surface area contributed by atoms with E-state index in [1.54, 1.807) is 0 Å². The molecule has 2 N–H and O–H groups in total. The normalized spacial score (nSPS) is 26.3. The molecule has 1 aromatic carbocycles. The Morgan fingerprint density at radius 3 is 3.00 bits per heavy atom. The molecule has 2 heteroatoms. The maximum atomic E-state index is 9.07. The second-order valence-electron chi connectivity index (χ2n) is 3.75. The highest BCUT2D eigenvalue weighted by Gasteiger charge is 2.21. The summed E-state index contributed by atoms with van der Waals surface area (Å²) < 4.78 is 0. The van der Waals surface area contributed by atoms with Crippen molar-refractivity contribution in [1.82, 2.24) is 0 Å². The van der Waals surface area contributed by atoms with Crippen LogP contribution in [0.15, 0.2) is 24.3 Å². The smallest absolute Gasteiger partial charge is 0.0633 e. The van der Waals surface area contributed by atoms with Gasteiger partial charge in [-0.3, -0.25) is 0 Å². The summed E-state index contributed by atoms with van der Waals surface area (Å²) in [6.45, 7) is 2.43. The minimum atomic E-state index is 0.221. The highest BCUT2D eigenvalue weighted by Crippen LogP contribution is 2.33. The van der Waals surface area contributed by atoms with Crippen LogP contribution in [0.3, 0.4) is 0 Å². The highest BCUT2D eigenvalue weighted by atomic mass is 16.3. The molecule has 2 rings (SSSR count). The molecule has 0 radical (unpaired) electrons. The van der Waals surface area contributed by atoms with E-state index in [1.807, 2.05) is 6.07 Å². The number of rotatable bonds is 1. The molecule has 0 saturated heterocycles. The molecule has 13 heavy (non-hydrogen) atoms. The van der Waals surface area contributed by atoms with Crippen LogP contribution in [-0.4, -0.2) is 17.8 Å². The second kappa shape index (κ2) is 3.38. The van der Waals surface area contributed by atoms with Crippen molar-refractivity contribution < 1.29 is 5.11 Å². The molecule has 1 aromatic rings. The number of hydrogen-bond donors (Lipinski definition) is 2. The Hall–Kier alpha value is -1.02. The molecule has 0 amide bonds. The van der Waals surface area contributed by atoms with Crippen molar-refractivity contribution in [2.45, 2.75) is 25.3 Å². The third-order valence-corrected chi connectivity index (χ3v) is 2.71. The summed E-state index contributed by atoms with van der Waals surface area (Å²) in [6, 6.07) is 8.55. The van der Waals surface area contributed by atoms with E-state index in [0.29, 0.717) is 5.92 Å². The molecule has 0 aliphatic carbocycles. The fourth-order valence-corrected chi connectivity index (χ4v) is 2.01. The Kier molecular flexibility index (Phi) is 2.23. The van der Waals surface area contributed by atoms with E-state index in [2.05, 4.69) is 30.4 Å². The lowest BCUT2D eigenvalue weighted by molar-refractivity contribution is 0.262. The quantitative estimate of drug-likeness (QED) is 0.687. The van der Waals surface area contributed by atoms with E-state index < -0.39 is 0 Å². The maximum Gasteiger partial charge on any atom is 0.0633 e. The van der Waals surface area contributed by atoms with Crippen LogP contribution in [0.5, 0.6) is 0 Å². The van der Waals surface area contributed by atoms with Gasteiger partial charge in [0.25, 0.3) is 0 Å². The first-order chi connectivity index (χ1) is 6.31. The Morgan fingerprint density at radius 2 is 2.23 bits per heavy atom. The van der Waals surface area contributed by atoms with E-state index in [1.165, 1.54) is 11.3 Å². The number of benzene rings is 1. The molecule has 1 aliphatic rings. The topological polar surface area (TPSA) is 32.3 Å². The van der Waals surface area contributed by atoms with E-state index in [0.717, 1.165) is 6.42 Å². The fraction of sp³-hybridized carbons (Fsp3) is 0.455. The molecule has 1 heterocycles. The predicted octanol–water partition coefficient (Wildman–Crippen LogP) is 1.97. The van der Waals surface area contributed by atoms with E-state index in [9.17, 15) is 0 Å². The molecule has 2 nitrogen and oxygen atoms in total. The van der Waals surface area contributed by atoms with Crippen LogP contribution in [-0.2, 0) is 0 Å². The van der Waals surface area contributed by atoms with Crippen molar-refractivity contribution in [3.05, 3.63) is 29.8 Å². The van der Waals surface area contributed by atoms with Gasteiger partial charge in [0.15, 0.2) is 0 Å². The van der Waals surface area contributed by atoms with Crippen molar-refractivity contribution in [2.75, 3.05) is 11.9 Å². The lowest BCUT2D eigenvalue weighted by Crippen LogP contribution is -2.30. The van der Waals surface area contributed by atoms with Crippen molar-refractivity contribution in [3.63, 3.8) is 0 Å². The van der Waals surface area contributed by atoms with Gasteiger partial charge in [-0.05, 0) is 24.0 Å². The average Bonchev–Trinajstić information content (AvgIpc) is 2.18. The zero-order valence-electron chi connectivity index (χ0n) is 7.83. The van der Waals surface area contributed by atoms with Crippen LogP contribution in [0, 0.1) is 0 Å². The van der Waals surface area contributed by atoms with Gasteiger partial charge in [-0.1, -0.05) is 25.1 Å². The first-order valence-electron chi connectivity index (χ1n) is 4.77. The Morgan fingerprint density at radius 1 is 1.46 bits per heavy atom. The summed E-state index contributed by atoms with van der Waals surface area (Å²) in [6.07, 6.45) is 1.02. The molecular formula is C11H15NO. The molecule has 0 spiro atoms. The lowest BCUT2D eigenvalue weighted by Gasteiger charge is -2.30. The van der Waals surface area contributed by atoms with Gasteiger partial charge in [0, 0.05) is 11.7 Å². The maximum absolute atomic E-state index is 9.07. The van der Waals surface area contributed by atoms with Crippen LogP contribution >= 0.6 is 0 Å². The summed E-state index contributed by atoms with van der Waals surface area (Å²) in [5.41, 5.74) is 2.55. The third-order valence-electron chi connectivity index (χ3n) is 2.71. The zero-order chi connectivity index (χ0) is 9.26. The Bertz CT molecular complexity index is 298. The summed E-state index contributed by atoms with van der Waals surface area (Å²) >= 11 is 0. The molecule has 1 aliphatic heterocycles. The minimum absolute atomic E-state index is 0.221. The molecular weight excluding hydrogens is 162 g/mol.